The number of nitrogens with zero attached hydrogens (tertiary/aromatic N) is 3. The Kier molecular flexibility index (Phi) is 4.27. The molecule has 4 heteroatoms. The third kappa shape index (κ3) is 2.97. The summed E-state index contributed by atoms with van der Waals surface area (Å²) in [5.74, 6) is 0.427. The predicted octanol–water partition coefficient (Wildman–Crippen LogP) is 3.18. The maximum Gasteiger partial charge on any atom is 0.228 e. The van der Waals surface area contributed by atoms with Crippen molar-refractivity contribution >= 4 is 17.3 Å². The van der Waals surface area contributed by atoms with E-state index in [2.05, 4.69) is 69.3 Å². The predicted molar refractivity (Wildman–Crippen MR) is 109 cm³/mol. The summed E-state index contributed by atoms with van der Waals surface area (Å²) in [7, 11) is 0. The first-order chi connectivity index (χ1) is 13.3. The van der Waals surface area contributed by atoms with E-state index in [4.69, 9.17) is 0 Å². The van der Waals surface area contributed by atoms with Crippen LogP contribution in [-0.2, 0) is 11.2 Å². The Bertz CT molecular complexity index is 815. The van der Waals surface area contributed by atoms with Crippen LogP contribution in [-0.4, -0.2) is 49.6 Å². The highest BCUT2D eigenvalue weighted by molar-refractivity contribution is 5.82. The van der Waals surface area contributed by atoms with Crippen molar-refractivity contribution in [3.05, 3.63) is 60.2 Å². The molecule has 0 aromatic heterocycles. The smallest absolute Gasteiger partial charge is 0.228 e. The number of piperazine rings is 1. The molecule has 2 aromatic carbocycles. The van der Waals surface area contributed by atoms with E-state index in [0.29, 0.717) is 5.91 Å². The standard InChI is InChI=1S/C23H27N3O/c27-23(24-12-6-7-13-24)20-16-18-8-4-5-11-21(18)26-15-14-25(17-22(20)26)19-9-2-1-3-10-19/h1-5,8-11,20,22H,6-7,12-17H2/t20-,22+/m0/s1. The molecule has 2 atom stereocenters. The molecule has 3 heterocycles. The molecular formula is C23H27N3O. The number of benzene rings is 2. The van der Waals surface area contributed by atoms with E-state index >= 15 is 0 Å². The summed E-state index contributed by atoms with van der Waals surface area (Å²) in [6, 6.07) is 19.6. The minimum absolute atomic E-state index is 0.0597. The second-order valence-electron chi connectivity index (χ2n) is 8.01. The van der Waals surface area contributed by atoms with Crippen molar-refractivity contribution in [2.75, 3.05) is 42.5 Å². The number of carbonyl (C=O) groups is 1. The van der Waals surface area contributed by atoms with Gasteiger partial charge in [0.2, 0.25) is 5.91 Å². The molecule has 0 spiro atoms. The van der Waals surface area contributed by atoms with Crippen LogP contribution in [0, 0.1) is 5.92 Å². The lowest BCUT2D eigenvalue weighted by Gasteiger charge is -2.50. The van der Waals surface area contributed by atoms with Crippen molar-refractivity contribution in [2.24, 2.45) is 5.92 Å². The van der Waals surface area contributed by atoms with Gasteiger partial charge >= 0.3 is 0 Å². The number of fused-ring (bicyclic) bond motifs is 3. The molecule has 2 aromatic rings. The van der Waals surface area contributed by atoms with Crippen molar-refractivity contribution in [1.82, 2.24) is 4.90 Å². The van der Waals surface area contributed by atoms with Gasteiger partial charge in [0, 0.05) is 44.1 Å². The summed E-state index contributed by atoms with van der Waals surface area (Å²) in [6.07, 6.45) is 3.18. The number of para-hydroxylation sites is 2. The van der Waals surface area contributed by atoms with Crippen molar-refractivity contribution in [2.45, 2.75) is 25.3 Å². The van der Waals surface area contributed by atoms with Gasteiger partial charge in [-0.2, -0.15) is 0 Å². The molecule has 2 fully saturated rings. The maximum atomic E-state index is 13.4. The lowest BCUT2D eigenvalue weighted by Crippen LogP contribution is -2.61. The molecule has 27 heavy (non-hydrogen) atoms. The Balaban J connectivity index is 1.47. The molecular weight excluding hydrogens is 334 g/mol. The number of anilines is 2. The number of carbonyl (C=O) groups excluding carboxylic acids is 1. The summed E-state index contributed by atoms with van der Waals surface area (Å²) in [4.78, 5) is 20.5. The first-order valence-corrected chi connectivity index (χ1v) is 10.2. The van der Waals surface area contributed by atoms with Crippen LogP contribution in [0.15, 0.2) is 54.6 Å². The molecule has 2 saturated heterocycles. The zero-order chi connectivity index (χ0) is 18.2. The monoisotopic (exact) mass is 361 g/mol. The lowest BCUT2D eigenvalue weighted by atomic mass is 9.83. The van der Waals surface area contributed by atoms with Crippen LogP contribution < -0.4 is 9.80 Å². The number of likely N-dealkylation sites (tertiary alicyclic amines) is 1. The number of hydrogen-bond donors (Lipinski definition) is 0. The summed E-state index contributed by atoms with van der Waals surface area (Å²) in [6.45, 7) is 4.76. The average Bonchev–Trinajstić information content (AvgIpc) is 3.28. The van der Waals surface area contributed by atoms with Crippen LogP contribution >= 0.6 is 0 Å². The van der Waals surface area contributed by atoms with E-state index in [-0.39, 0.29) is 12.0 Å². The Labute approximate surface area is 161 Å². The third-order valence-corrected chi connectivity index (χ3v) is 6.48. The minimum Gasteiger partial charge on any atom is -0.368 e. The molecule has 0 unspecified atom stereocenters. The molecule has 0 radical (unpaired) electrons. The number of amides is 1. The van der Waals surface area contributed by atoms with Gasteiger partial charge in [0.1, 0.15) is 0 Å². The van der Waals surface area contributed by atoms with Crippen molar-refractivity contribution in [1.29, 1.82) is 0 Å². The second kappa shape index (κ2) is 6.91. The van der Waals surface area contributed by atoms with E-state index in [0.717, 1.165) is 52.0 Å². The largest absolute Gasteiger partial charge is 0.368 e. The normalized spacial score (nSPS) is 24.5. The van der Waals surface area contributed by atoms with Crippen LogP contribution in [0.3, 0.4) is 0 Å². The maximum absolute atomic E-state index is 13.4. The Morgan fingerprint density at radius 2 is 1.59 bits per heavy atom. The van der Waals surface area contributed by atoms with E-state index in [1.807, 2.05) is 0 Å². The van der Waals surface area contributed by atoms with Gasteiger partial charge in [-0.1, -0.05) is 36.4 Å². The lowest BCUT2D eigenvalue weighted by molar-refractivity contribution is -0.135. The van der Waals surface area contributed by atoms with E-state index in [1.165, 1.54) is 16.9 Å². The number of hydrogen-bond acceptors (Lipinski definition) is 3. The SMILES string of the molecule is O=C([C@H]1Cc2ccccc2N2CCN(c3ccccc3)C[C@H]12)N1CCCC1. The molecule has 5 rings (SSSR count). The molecule has 0 bridgehead atoms. The fraction of sp³-hybridized carbons (Fsp3) is 0.435. The van der Waals surface area contributed by atoms with Gasteiger partial charge in [-0.25, -0.2) is 0 Å². The minimum atomic E-state index is 0.0597. The van der Waals surface area contributed by atoms with Crippen LogP contribution in [0.5, 0.6) is 0 Å². The highest BCUT2D eigenvalue weighted by Crippen LogP contribution is 2.37. The van der Waals surface area contributed by atoms with Gasteiger partial charge < -0.3 is 14.7 Å². The highest BCUT2D eigenvalue weighted by atomic mass is 16.2. The first-order valence-electron chi connectivity index (χ1n) is 10.2. The van der Waals surface area contributed by atoms with E-state index in [9.17, 15) is 4.79 Å². The van der Waals surface area contributed by atoms with Crippen molar-refractivity contribution in [3.8, 4) is 0 Å². The van der Waals surface area contributed by atoms with Crippen molar-refractivity contribution in [3.63, 3.8) is 0 Å². The van der Waals surface area contributed by atoms with Gasteiger partial charge in [-0.3, -0.25) is 4.79 Å². The van der Waals surface area contributed by atoms with Crippen LogP contribution in [0.25, 0.3) is 0 Å². The Morgan fingerprint density at radius 1 is 0.852 bits per heavy atom. The zero-order valence-electron chi connectivity index (χ0n) is 15.8. The highest BCUT2D eigenvalue weighted by Gasteiger charge is 2.43. The van der Waals surface area contributed by atoms with Crippen LogP contribution in [0.2, 0.25) is 0 Å². The summed E-state index contributed by atoms with van der Waals surface area (Å²) < 4.78 is 0. The zero-order valence-corrected chi connectivity index (χ0v) is 15.8. The molecule has 1 amide bonds. The van der Waals surface area contributed by atoms with Gasteiger partial charge in [-0.15, -0.1) is 0 Å². The van der Waals surface area contributed by atoms with Crippen molar-refractivity contribution < 1.29 is 4.79 Å². The second-order valence-corrected chi connectivity index (χ2v) is 8.01. The summed E-state index contributed by atoms with van der Waals surface area (Å²) in [5.41, 5.74) is 3.93. The molecule has 140 valence electrons. The summed E-state index contributed by atoms with van der Waals surface area (Å²) in [5, 5.41) is 0. The van der Waals surface area contributed by atoms with Crippen LogP contribution in [0.1, 0.15) is 18.4 Å². The topological polar surface area (TPSA) is 26.8 Å². The van der Waals surface area contributed by atoms with E-state index < -0.39 is 0 Å². The van der Waals surface area contributed by atoms with Gasteiger partial charge in [0.15, 0.2) is 0 Å². The average molecular weight is 361 g/mol. The molecule has 0 aliphatic carbocycles. The van der Waals surface area contributed by atoms with E-state index in [1.54, 1.807) is 0 Å². The van der Waals surface area contributed by atoms with Gasteiger partial charge in [-0.05, 0) is 43.0 Å². The third-order valence-electron chi connectivity index (χ3n) is 6.48. The molecule has 3 aliphatic heterocycles. The number of rotatable bonds is 2. The Morgan fingerprint density at radius 3 is 2.41 bits per heavy atom. The first kappa shape index (κ1) is 16.7. The van der Waals surface area contributed by atoms with Gasteiger partial charge in [0.25, 0.3) is 0 Å². The van der Waals surface area contributed by atoms with Gasteiger partial charge in [0.05, 0.1) is 12.0 Å². The van der Waals surface area contributed by atoms with Crippen LogP contribution in [0.4, 0.5) is 11.4 Å². The molecule has 3 aliphatic rings. The summed E-state index contributed by atoms with van der Waals surface area (Å²) >= 11 is 0. The molecule has 4 nitrogen and oxygen atoms in total. The quantitative estimate of drug-likeness (QED) is 0.822. The fourth-order valence-corrected chi connectivity index (χ4v) is 5.09. The molecule has 0 saturated carbocycles. The fourth-order valence-electron chi connectivity index (χ4n) is 5.09. The molecule has 0 N–H and O–H groups in total. The Hall–Kier alpha value is -2.49.